The number of aliphatic hydroxyl groups excluding tert-OH is 1. The SMILES string of the molecule is COC(=O)c1ccc(OC[C@H](O)CN2CCc3cc(OC)c(OC)cc3C2)c(OC)c1. The monoisotopic (exact) mass is 431 g/mol. The highest BCUT2D eigenvalue weighted by Gasteiger charge is 2.22. The number of hydrogen-bond donors (Lipinski definition) is 1. The number of hydrogen-bond acceptors (Lipinski definition) is 8. The number of methoxy groups -OCH3 is 4. The first-order chi connectivity index (χ1) is 15.0. The lowest BCUT2D eigenvalue weighted by Gasteiger charge is -2.31. The molecular formula is C23H29NO7. The Bertz CT molecular complexity index is 915. The molecule has 8 nitrogen and oxygen atoms in total. The van der Waals surface area contributed by atoms with Crippen LogP contribution in [0.25, 0.3) is 0 Å². The average molecular weight is 431 g/mol. The van der Waals surface area contributed by atoms with Crippen molar-refractivity contribution in [1.29, 1.82) is 0 Å². The van der Waals surface area contributed by atoms with Gasteiger partial charge < -0.3 is 28.8 Å². The second-order valence-electron chi connectivity index (χ2n) is 7.28. The van der Waals surface area contributed by atoms with Crippen molar-refractivity contribution in [2.24, 2.45) is 0 Å². The number of β-amino-alcohol motifs (C(OH)–C–C–N with tert-alkyl or cyclic N) is 1. The maximum atomic E-state index is 11.7. The molecule has 2 aromatic carbocycles. The second kappa shape index (κ2) is 10.4. The van der Waals surface area contributed by atoms with E-state index in [2.05, 4.69) is 4.90 Å². The third kappa shape index (κ3) is 5.39. The van der Waals surface area contributed by atoms with Crippen molar-refractivity contribution in [3.63, 3.8) is 0 Å². The number of ether oxygens (including phenoxy) is 5. The van der Waals surface area contributed by atoms with Crippen LogP contribution in [0, 0.1) is 0 Å². The fourth-order valence-corrected chi connectivity index (χ4v) is 3.67. The number of esters is 1. The lowest BCUT2D eigenvalue weighted by Crippen LogP contribution is -2.38. The van der Waals surface area contributed by atoms with E-state index in [1.54, 1.807) is 32.4 Å². The number of rotatable bonds is 9. The molecule has 1 N–H and O–H groups in total. The fourth-order valence-electron chi connectivity index (χ4n) is 3.67. The number of benzene rings is 2. The van der Waals surface area contributed by atoms with Gasteiger partial charge in [-0.25, -0.2) is 4.79 Å². The highest BCUT2D eigenvalue weighted by atomic mass is 16.5. The molecule has 1 aliphatic heterocycles. The molecule has 0 spiro atoms. The van der Waals surface area contributed by atoms with Gasteiger partial charge in [0.05, 0.1) is 34.0 Å². The topological polar surface area (TPSA) is 86.7 Å². The van der Waals surface area contributed by atoms with Crippen LogP contribution in [0.5, 0.6) is 23.0 Å². The first-order valence-corrected chi connectivity index (χ1v) is 10.0. The Morgan fingerprint density at radius 1 is 0.968 bits per heavy atom. The van der Waals surface area contributed by atoms with Gasteiger partial charge in [0.25, 0.3) is 0 Å². The minimum absolute atomic E-state index is 0.100. The zero-order valence-corrected chi connectivity index (χ0v) is 18.3. The smallest absolute Gasteiger partial charge is 0.337 e. The van der Waals surface area contributed by atoms with Crippen LogP contribution in [0.15, 0.2) is 30.3 Å². The molecule has 0 amide bonds. The Morgan fingerprint density at radius 3 is 2.26 bits per heavy atom. The van der Waals surface area contributed by atoms with Crippen molar-refractivity contribution in [2.75, 3.05) is 48.1 Å². The van der Waals surface area contributed by atoms with Crippen LogP contribution in [-0.2, 0) is 17.7 Å². The average Bonchev–Trinajstić information content (AvgIpc) is 2.80. The number of fused-ring (bicyclic) bond motifs is 1. The van der Waals surface area contributed by atoms with E-state index in [-0.39, 0.29) is 6.61 Å². The summed E-state index contributed by atoms with van der Waals surface area (Å²) in [4.78, 5) is 13.8. The standard InChI is InChI=1S/C23H29NO7/c1-27-20-10-16(23(26)30-4)5-6-19(20)31-14-18(25)13-24-8-7-15-9-21(28-2)22(29-3)11-17(15)12-24/h5-6,9-11,18,25H,7-8,12-14H2,1-4H3/t18-/m1/s1. The molecule has 0 unspecified atom stereocenters. The molecule has 1 heterocycles. The van der Waals surface area contributed by atoms with Gasteiger partial charge >= 0.3 is 5.97 Å². The van der Waals surface area contributed by atoms with Gasteiger partial charge in [0.15, 0.2) is 23.0 Å². The molecule has 0 fully saturated rings. The van der Waals surface area contributed by atoms with Crippen LogP contribution in [-0.4, -0.2) is 70.2 Å². The van der Waals surface area contributed by atoms with Crippen LogP contribution in [0.4, 0.5) is 0 Å². The molecule has 2 aromatic rings. The van der Waals surface area contributed by atoms with E-state index in [9.17, 15) is 9.90 Å². The molecule has 1 atom stereocenters. The lowest BCUT2D eigenvalue weighted by atomic mass is 9.98. The molecular weight excluding hydrogens is 402 g/mol. The maximum absolute atomic E-state index is 11.7. The van der Waals surface area contributed by atoms with Crippen LogP contribution in [0.3, 0.4) is 0 Å². The predicted molar refractivity (Wildman–Crippen MR) is 114 cm³/mol. The van der Waals surface area contributed by atoms with E-state index in [0.29, 0.717) is 35.9 Å². The Hall–Kier alpha value is -2.97. The van der Waals surface area contributed by atoms with Gasteiger partial charge in [0.2, 0.25) is 0 Å². The van der Waals surface area contributed by atoms with Crippen molar-refractivity contribution >= 4 is 5.97 Å². The minimum Gasteiger partial charge on any atom is -0.493 e. The van der Waals surface area contributed by atoms with E-state index >= 15 is 0 Å². The number of nitrogens with zero attached hydrogens (tertiary/aromatic N) is 1. The molecule has 168 valence electrons. The van der Waals surface area contributed by atoms with Crippen molar-refractivity contribution in [3.8, 4) is 23.0 Å². The first kappa shape index (κ1) is 22.7. The van der Waals surface area contributed by atoms with Crippen molar-refractivity contribution in [3.05, 3.63) is 47.0 Å². The summed E-state index contributed by atoms with van der Waals surface area (Å²) in [6.07, 6.45) is 0.179. The van der Waals surface area contributed by atoms with Gasteiger partial charge in [0, 0.05) is 19.6 Å². The fraction of sp³-hybridized carbons (Fsp3) is 0.435. The zero-order chi connectivity index (χ0) is 22.4. The van der Waals surface area contributed by atoms with Crippen LogP contribution in [0.2, 0.25) is 0 Å². The van der Waals surface area contributed by atoms with Crippen molar-refractivity contribution < 1.29 is 33.6 Å². The third-order valence-corrected chi connectivity index (χ3v) is 5.28. The third-order valence-electron chi connectivity index (χ3n) is 5.28. The summed E-state index contributed by atoms with van der Waals surface area (Å²) in [6, 6.07) is 8.80. The Labute approximate surface area is 182 Å². The highest BCUT2D eigenvalue weighted by molar-refractivity contribution is 5.90. The summed E-state index contributed by atoms with van der Waals surface area (Å²) >= 11 is 0. The minimum atomic E-state index is -0.688. The molecule has 31 heavy (non-hydrogen) atoms. The summed E-state index contributed by atoms with van der Waals surface area (Å²) < 4.78 is 26.5. The number of carbonyl (C=O) groups excluding carboxylic acids is 1. The summed E-state index contributed by atoms with van der Waals surface area (Å²) in [5.74, 6) is 1.84. The molecule has 0 saturated heterocycles. The van der Waals surface area contributed by atoms with Gasteiger partial charge in [0.1, 0.15) is 12.7 Å². The molecule has 0 aromatic heterocycles. The van der Waals surface area contributed by atoms with Crippen molar-refractivity contribution in [2.45, 2.75) is 19.1 Å². The lowest BCUT2D eigenvalue weighted by molar-refractivity contribution is 0.0595. The molecule has 1 aliphatic rings. The Morgan fingerprint density at radius 2 is 1.61 bits per heavy atom. The predicted octanol–water partition coefficient (Wildman–Crippen LogP) is 2.30. The second-order valence-corrected chi connectivity index (χ2v) is 7.28. The Balaban J connectivity index is 1.58. The molecule has 0 bridgehead atoms. The summed E-state index contributed by atoms with van der Waals surface area (Å²) in [6.45, 7) is 2.11. The van der Waals surface area contributed by atoms with Gasteiger partial charge in [-0.3, -0.25) is 4.90 Å². The highest BCUT2D eigenvalue weighted by Crippen LogP contribution is 2.33. The normalized spacial score (nSPS) is 14.4. The molecule has 8 heteroatoms. The van der Waals surface area contributed by atoms with Crippen LogP contribution < -0.4 is 18.9 Å². The number of aliphatic hydroxyl groups is 1. The molecule has 3 rings (SSSR count). The quantitative estimate of drug-likeness (QED) is 0.606. The molecule has 0 saturated carbocycles. The molecule has 0 radical (unpaired) electrons. The zero-order valence-electron chi connectivity index (χ0n) is 18.3. The van der Waals surface area contributed by atoms with E-state index in [1.165, 1.54) is 19.8 Å². The van der Waals surface area contributed by atoms with E-state index < -0.39 is 12.1 Å². The maximum Gasteiger partial charge on any atom is 0.337 e. The number of carbonyl (C=O) groups is 1. The van der Waals surface area contributed by atoms with Crippen LogP contribution in [0.1, 0.15) is 21.5 Å². The summed E-state index contributed by atoms with van der Waals surface area (Å²) in [5, 5.41) is 10.5. The van der Waals surface area contributed by atoms with Crippen LogP contribution >= 0.6 is 0 Å². The van der Waals surface area contributed by atoms with Crippen molar-refractivity contribution in [1.82, 2.24) is 4.90 Å². The summed E-state index contributed by atoms with van der Waals surface area (Å²) in [7, 11) is 6.07. The van der Waals surface area contributed by atoms with E-state index in [4.69, 9.17) is 23.7 Å². The first-order valence-electron chi connectivity index (χ1n) is 10.0. The van der Waals surface area contributed by atoms with E-state index in [0.717, 1.165) is 24.3 Å². The van der Waals surface area contributed by atoms with Gasteiger partial charge in [-0.05, 0) is 47.9 Å². The largest absolute Gasteiger partial charge is 0.493 e. The van der Waals surface area contributed by atoms with Gasteiger partial charge in [-0.2, -0.15) is 0 Å². The van der Waals surface area contributed by atoms with E-state index in [1.807, 2.05) is 12.1 Å². The summed E-state index contributed by atoms with van der Waals surface area (Å²) in [5.41, 5.74) is 2.76. The molecule has 0 aliphatic carbocycles. The Kier molecular flexibility index (Phi) is 7.59. The van der Waals surface area contributed by atoms with Gasteiger partial charge in [-0.1, -0.05) is 0 Å². The van der Waals surface area contributed by atoms with Gasteiger partial charge in [-0.15, -0.1) is 0 Å².